The molecular formula is C11H13N3. The highest BCUT2D eigenvalue weighted by molar-refractivity contribution is 5.81. The van der Waals surface area contributed by atoms with E-state index in [1.54, 1.807) is 0 Å². The molecule has 0 aliphatic heterocycles. The molecule has 3 heteroatoms. The summed E-state index contributed by atoms with van der Waals surface area (Å²) in [5.41, 5.74) is 8.39. The Morgan fingerprint density at radius 3 is 3.07 bits per heavy atom. The van der Waals surface area contributed by atoms with E-state index < -0.39 is 0 Å². The van der Waals surface area contributed by atoms with Crippen LogP contribution in [0.2, 0.25) is 0 Å². The van der Waals surface area contributed by atoms with E-state index in [9.17, 15) is 0 Å². The van der Waals surface area contributed by atoms with E-state index in [1.165, 1.54) is 23.8 Å². The van der Waals surface area contributed by atoms with Crippen LogP contribution in [0, 0.1) is 0 Å². The largest absolute Gasteiger partial charge is 0.346 e. The quantitative estimate of drug-likeness (QED) is 0.749. The second-order valence-electron chi connectivity index (χ2n) is 4.09. The van der Waals surface area contributed by atoms with Gasteiger partial charge >= 0.3 is 0 Å². The Balaban J connectivity index is 2.22. The maximum Gasteiger partial charge on any atom is 0.137 e. The lowest BCUT2D eigenvalue weighted by Gasteiger charge is -2.10. The van der Waals surface area contributed by atoms with Crippen LogP contribution in [0.15, 0.2) is 24.5 Å². The lowest BCUT2D eigenvalue weighted by atomic mass is 9.96. The molecule has 2 aromatic heterocycles. The smallest absolute Gasteiger partial charge is 0.137 e. The van der Waals surface area contributed by atoms with Crippen LogP contribution in [0.1, 0.15) is 18.4 Å². The van der Waals surface area contributed by atoms with E-state index >= 15 is 0 Å². The molecule has 0 amide bonds. The molecule has 3 N–H and O–H groups in total. The van der Waals surface area contributed by atoms with Crippen LogP contribution < -0.4 is 5.73 Å². The summed E-state index contributed by atoms with van der Waals surface area (Å²) in [4.78, 5) is 7.48. The summed E-state index contributed by atoms with van der Waals surface area (Å²) in [6.45, 7) is 0.745. The Labute approximate surface area is 82.3 Å². The number of fused-ring (bicyclic) bond motifs is 1. The van der Waals surface area contributed by atoms with E-state index in [2.05, 4.69) is 22.2 Å². The van der Waals surface area contributed by atoms with Gasteiger partial charge < -0.3 is 10.7 Å². The lowest BCUT2D eigenvalue weighted by Crippen LogP contribution is -2.19. The van der Waals surface area contributed by atoms with Crippen LogP contribution in [0.25, 0.3) is 11.0 Å². The Kier molecular flexibility index (Phi) is 1.47. The van der Waals surface area contributed by atoms with E-state index in [4.69, 9.17) is 5.73 Å². The number of aromatic nitrogens is 2. The minimum atomic E-state index is 0.251. The van der Waals surface area contributed by atoms with E-state index in [1.807, 2.05) is 12.3 Å². The molecule has 2 aromatic rings. The van der Waals surface area contributed by atoms with Crippen molar-refractivity contribution in [2.45, 2.75) is 18.3 Å². The normalized spacial score (nSPS) is 18.6. The van der Waals surface area contributed by atoms with Crippen molar-refractivity contribution in [3.05, 3.63) is 30.1 Å². The SMILES string of the molecule is NCC1(c2c[nH]c3ncccc23)CC1. The minimum Gasteiger partial charge on any atom is -0.346 e. The minimum absolute atomic E-state index is 0.251. The van der Waals surface area contributed by atoms with Gasteiger partial charge in [0.1, 0.15) is 5.65 Å². The van der Waals surface area contributed by atoms with Crippen molar-refractivity contribution in [1.29, 1.82) is 0 Å². The Bertz CT molecular complexity index is 468. The molecule has 1 fully saturated rings. The lowest BCUT2D eigenvalue weighted by molar-refractivity contribution is 0.711. The van der Waals surface area contributed by atoms with Gasteiger partial charge in [-0.3, -0.25) is 0 Å². The molecule has 0 bridgehead atoms. The summed E-state index contributed by atoms with van der Waals surface area (Å²) in [5.74, 6) is 0. The van der Waals surface area contributed by atoms with Crippen molar-refractivity contribution in [2.75, 3.05) is 6.54 Å². The fourth-order valence-electron chi connectivity index (χ4n) is 2.13. The van der Waals surface area contributed by atoms with Gasteiger partial charge in [-0.1, -0.05) is 0 Å². The standard InChI is InChI=1S/C11H13N3/c12-7-11(3-4-11)9-6-14-10-8(9)2-1-5-13-10/h1-2,5-6H,3-4,7,12H2,(H,13,14). The third kappa shape index (κ3) is 0.930. The molecule has 72 valence electrons. The zero-order chi connectivity index (χ0) is 9.60. The van der Waals surface area contributed by atoms with Gasteiger partial charge in [-0.25, -0.2) is 4.98 Å². The summed E-state index contributed by atoms with van der Waals surface area (Å²) >= 11 is 0. The number of aromatic amines is 1. The molecular weight excluding hydrogens is 174 g/mol. The number of hydrogen-bond acceptors (Lipinski definition) is 2. The second kappa shape index (κ2) is 2.58. The fourth-order valence-corrected chi connectivity index (χ4v) is 2.13. The predicted molar refractivity (Wildman–Crippen MR) is 56.1 cm³/mol. The molecule has 0 saturated heterocycles. The van der Waals surface area contributed by atoms with Crippen molar-refractivity contribution in [2.24, 2.45) is 5.73 Å². The van der Waals surface area contributed by atoms with E-state index in [0.717, 1.165) is 12.2 Å². The number of pyridine rings is 1. The number of rotatable bonds is 2. The summed E-state index contributed by atoms with van der Waals surface area (Å²) in [7, 11) is 0. The van der Waals surface area contributed by atoms with Gasteiger partial charge in [0.2, 0.25) is 0 Å². The zero-order valence-electron chi connectivity index (χ0n) is 7.96. The van der Waals surface area contributed by atoms with Crippen LogP contribution in [0.5, 0.6) is 0 Å². The predicted octanol–water partition coefficient (Wildman–Crippen LogP) is 1.55. The van der Waals surface area contributed by atoms with Gasteiger partial charge in [0, 0.05) is 29.7 Å². The highest BCUT2D eigenvalue weighted by Crippen LogP contribution is 2.49. The third-order valence-corrected chi connectivity index (χ3v) is 3.27. The van der Waals surface area contributed by atoms with Crippen LogP contribution in [0.4, 0.5) is 0 Å². The Hall–Kier alpha value is -1.35. The molecule has 0 aromatic carbocycles. The monoisotopic (exact) mass is 187 g/mol. The van der Waals surface area contributed by atoms with Crippen molar-refractivity contribution >= 4 is 11.0 Å². The number of nitrogens with two attached hydrogens (primary N) is 1. The Morgan fingerprint density at radius 1 is 1.50 bits per heavy atom. The van der Waals surface area contributed by atoms with Gasteiger partial charge in [0.25, 0.3) is 0 Å². The molecule has 14 heavy (non-hydrogen) atoms. The molecule has 2 heterocycles. The third-order valence-electron chi connectivity index (χ3n) is 3.27. The number of hydrogen-bond donors (Lipinski definition) is 2. The molecule has 1 aliphatic carbocycles. The second-order valence-corrected chi connectivity index (χ2v) is 4.09. The first-order valence-corrected chi connectivity index (χ1v) is 4.98. The van der Waals surface area contributed by atoms with Crippen LogP contribution >= 0.6 is 0 Å². The van der Waals surface area contributed by atoms with Crippen LogP contribution in [-0.4, -0.2) is 16.5 Å². The van der Waals surface area contributed by atoms with Crippen molar-refractivity contribution in [1.82, 2.24) is 9.97 Å². The molecule has 0 spiro atoms. The van der Waals surface area contributed by atoms with Gasteiger partial charge in [0.15, 0.2) is 0 Å². The molecule has 3 nitrogen and oxygen atoms in total. The molecule has 0 atom stereocenters. The molecule has 0 unspecified atom stereocenters. The van der Waals surface area contributed by atoms with E-state index in [0.29, 0.717) is 0 Å². The fraction of sp³-hybridized carbons (Fsp3) is 0.364. The summed E-state index contributed by atoms with van der Waals surface area (Å²) in [5, 5.41) is 1.23. The molecule has 1 aliphatic rings. The van der Waals surface area contributed by atoms with Crippen molar-refractivity contribution < 1.29 is 0 Å². The van der Waals surface area contributed by atoms with Gasteiger partial charge in [-0.05, 0) is 30.5 Å². The Morgan fingerprint density at radius 2 is 2.36 bits per heavy atom. The summed E-state index contributed by atoms with van der Waals surface area (Å²) in [6.07, 6.45) is 6.30. The highest BCUT2D eigenvalue weighted by Gasteiger charge is 2.44. The van der Waals surface area contributed by atoms with Crippen molar-refractivity contribution in [3.63, 3.8) is 0 Å². The maximum absolute atomic E-state index is 5.82. The molecule has 0 radical (unpaired) electrons. The van der Waals surface area contributed by atoms with Gasteiger partial charge in [-0.2, -0.15) is 0 Å². The van der Waals surface area contributed by atoms with Gasteiger partial charge in [-0.15, -0.1) is 0 Å². The summed E-state index contributed by atoms with van der Waals surface area (Å²) < 4.78 is 0. The summed E-state index contributed by atoms with van der Waals surface area (Å²) in [6, 6.07) is 4.09. The van der Waals surface area contributed by atoms with Crippen LogP contribution in [-0.2, 0) is 5.41 Å². The number of nitrogens with zero attached hydrogens (tertiary/aromatic N) is 1. The number of nitrogens with one attached hydrogen (secondary N) is 1. The van der Waals surface area contributed by atoms with Gasteiger partial charge in [0.05, 0.1) is 0 Å². The zero-order valence-corrected chi connectivity index (χ0v) is 7.96. The molecule has 3 rings (SSSR count). The first-order valence-electron chi connectivity index (χ1n) is 4.98. The van der Waals surface area contributed by atoms with Crippen molar-refractivity contribution in [3.8, 4) is 0 Å². The van der Waals surface area contributed by atoms with E-state index in [-0.39, 0.29) is 5.41 Å². The first kappa shape index (κ1) is 8.00. The average Bonchev–Trinajstić information content (AvgIpc) is 2.91. The van der Waals surface area contributed by atoms with Crippen LogP contribution in [0.3, 0.4) is 0 Å². The topological polar surface area (TPSA) is 54.7 Å². The highest BCUT2D eigenvalue weighted by atomic mass is 14.8. The number of H-pyrrole nitrogens is 1. The maximum atomic E-state index is 5.82. The first-order chi connectivity index (χ1) is 6.86. The molecule has 1 saturated carbocycles. The average molecular weight is 187 g/mol.